The highest BCUT2D eigenvalue weighted by Crippen LogP contribution is 2.43. The Labute approximate surface area is 369 Å². The number of quaternary nitrogens is 1. The predicted octanol–water partition coefficient (Wildman–Crippen LogP) is 14.4. The minimum absolute atomic E-state index is 0.0775. The van der Waals surface area contributed by atoms with E-state index in [4.69, 9.17) is 18.5 Å². The summed E-state index contributed by atoms with van der Waals surface area (Å²) in [6.07, 6.45) is 57.6. The number of ether oxygens (including phenoxy) is 2. The number of esters is 1. The van der Waals surface area contributed by atoms with Gasteiger partial charge in [-0.15, -0.1) is 0 Å². The Bertz CT molecular complexity index is 1230. The normalized spacial score (nSPS) is 14.4. The van der Waals surface area contributed by atoms with Crippen LogP contribution in [0.5, 0.6) is 0 Å². The lowest BCUT2D eigenvalue weighted by molar-refractivity contribution is -0.870. The molecule has 2 unspecified atom stereocenters. The molecule has 0 heterocycles. The van der Waals surface area contributed by atoms with Gasteiger partial charge in [-0.3, -0.25) is 13.8 Å². The van der Waals surface area contributed by atoms with Gasteiger partial charge in [-0.1, -0.05) is 163 Å². The van der Waals surface area contributed by atoms with E-state index in [0.29, 0.717) is 24.1 Å². The van der Waals surface area contributed by atoms with E-state index in [2.05, 4.69) is 98.9 Å². The molecule has 0 radical (unpaired) electrons. The van der Waals surface area contributed by atoms with Crippen LogP contribution in [0.25, 0.3) is 0 Å². The van der Waals surface area contributed by atoms with Crippen LogP contribution in [0, 0.1) is 0 Å². The number of nitrogens with zero attached hydrogens (tertiary/aromatic N) is 1. The van der Waals surface area contributed by atoms with Gasteiger partial charge < -0.3 is 18.9 Å². The third-order valence-corrected chi connectivity index (χ3v) is 10.7. The van der Waals surface area contributed by atoms with Gasteiger partial charge in [0.15, 0.2) is 0 Å². The number of likely N-dealkylation sites (N-methyl/N-ethyl adjacent to an activating group) is 1. The first kappa shape index (κ1) is 57.7. The summed E-state index contributed by atoms with van der Waals surface area (Å²) >= 11 is 0. The molecule has 0 fully saturated rings. The molecule has 0 aromatic rings. The monoisotopic (exact) mass is 861 g/mol. The Balaban J connectivity index is 4.28. The van der Waals surface area contributed by atoms with Gasteiger partial charge in [0.2, 0.25) is 0 Å². The number of hydrogen-bond acceptors (Lipinski definition) is 6. The first-order chi connectivity index (χ1) is 29.1. The van der Waals surface area contributed by atoms with E-state index in [-0.39, 0.29) is 25.8 Å². The van der Waals surface area contributed by atoms with E-state index >= 15 is 0 Å². The van der Waals surface area contributed by atoms with Crippen molar-refractivity contribution in [1.82, 2.24) is 0 Å². The summed E-state index contributed by atoms with van der Waals surface area (Å²) in [4.78, 5) is 23.0. The van der Waals surface area contributed by atoms with Crippen molar-refractivity contribution in [2.75, 3.05) is 54.1 Å². The molecule has 0 spiro atoms. The molecular formula is C51H91NO7P+. The minimum Gasteiger partial charge on any atom is -0.457 e. The van der Waals surface area contributed by atoms with E-state index in [9.17, 15) is 14.3 Å². The summed E-state index contributed by atoms with van der Waals surface area (Å²) < 4.78 is 35.0. The number of rotatable bonds is 43. The molecule has 0 rings (SSSR count). The molecule has 9 heteroatoms. The van der Waals surface area contributed by atoms with Crippen LogP contribution in [0.1, 0.15) is 174 Å². The van der Waals surface area contributed by atoms with Crippen molar-refractivity contribution in [2.24, 2.45) is 0 Å². The third kappa shape index (κ3) is 46.7. The van der Waals surface area contributed by atoms with E-state index in [1.807, 2.05) is 21.1 Å². The van der Waals surface area contributed by atoms with Crippen LogP contribution in [0.15, 0.2) is 85.1 Å². The van der Waals surface area contributed by atoms with Crippen LogP contribution in [0.3, 0.4) is 0 Å². The lowest BCUT2D eigenvalue weighted by atomic mass is 10.1. The van der Waals surface area contributed by atoms with E-state index in [0.717, 1.165) is 103 Å². The Kier molecular flexibility index (Phi) is 41.7. The van der Waals surface area contributed by atoms with Gasteiger partial charge in [0.25, 0.3) is 0 Å². The molecule has 60 heavy (non-hydrogen) atoms. The molecular weight excluding hydrogens is 770 g/mol. The van der Waals surface area contributed by atoms with Gasteiger partial charge in [-0.25, -0.2) is 4.57 Å². The molecule has 0 saturated heterocycles. The molecule has 0 aliphatic carbocycles. The van der Waals surface area contributed by atoms with Gasteiger partial charge in [0.05, 0.1) is 34.4 Å². The van der Waals surface area contributed by atoms with Crippen LogP contribution in [-0.2, 0) is 27.9 Å². The molecule has 0 bridgehead atoms. The molecule has 8 nitrogen and oxygen atoms in total. The Morgan fingerprint density at radius 1 is 0.533 bits per heavy atom. The summed E-state index contributed by atoms with van der Waals surface area (Å²) in [5, 5.41) is 0. The first-order valence-electron chi connectivity index (χ1n) is 23.8. The second kappa shape index (κ2) is 43.3. The molecule has 2 atom stereocenters. The second-order valence-corrected chi connectivity index (χ2v) is 18.2. The SMILES string of the molecule is CC/C=C\C/C=C\C/C=C\C/C=C\C/C=C\CCCCCCCC(=O)OC(COCCCCCCCC/C=C\C/C=C\CCCCCC)COP(=O)(O)OCC[N+](C)(C)C. The average molecular weight is 861 g/mol. The first-order valence-corrected chi connectivity index (χ1v) is 25.3. The van der Waals surface area contributed by atoms with Gasteiger partial charge >= 0.3 is 13.8 Å². The predicted molar refractivity (Wildman–Crippen MR) is 256 cm³/mol. The zero-order valence-electron chi connectivity index (χ0n) is 39.2. The van der Waals surface area contributed by atoms with Crippen molar-refractivity contribution in [3.63, 3.8) is 0 Å². The molecule has 0 saturated carbocycles. The lowest BCUT2D eigenvalue weighted by Crippen LogP contribution is -2.37. The van der Waals surface area contributed by atoms with E-state index < -0.39 is 13.9 Å². The fourth-order valence-corrected chi connectivity index (χ4v) is 6.76. The summed E-state index contributed by atoms with van der Waals surface area (Å²) in [5.41, 5.74) is 0. The highest BCUT2D eigenvalue weighted by atomic mass is 31.2. The number of phosphoric acid groups is 1. The Morgan fingerprint density at radius 3 is 1.45 bits per heavy atom. The molecule has 0 aromatic heterocycles. The largest absolute Gasteiger partial charge is 0.472 e. The summed E-state index contributed by atoms with van der Waals surface area (Å²) in [5.74, 6) is -0.339. The van der Waals surface area contributed by atoms with Crippen molar-refractivity contribution >= 4 is 13.8 Å². The number of carbonyl (C=O) groups excluding carboxylic acids is 1. The fraction of sp³-hybridized carbons (Fsp3) is 0.706. The summed E-state index contributed by atoms with van der Waals surface area (Å²) in [7, 11) is 1.63. The maximum atomic E-state index is 12.7. The molecule has 0 aliphatic heterocycles. The second-order valence-electron chi connectivity index (χ2n) is 16.8. The van der Waals surface area contributed by atoms with Gasteiger partial charge in [0, 0.05) is 13.0 Å². The number of allylic oxidation sites excluding steroid dienone is 14. The summed E-state index contributed by atoms with van der Waals surface area (Å²) in [6.45, 7) is 5.42. The van der Waals surface area contributed by atoms with E-state index in [1.165, 1.54) is 51.4 Å². The molecule has 0 aliphatic rings. The number of unbranched alkanes of at least 4 members (excludes halogenated alkanes) is 15. The quantitative estimate of drug-likeness (QED) is 0.0215. The van der Waals surface area contributed by atoms with Crippen LogP contribution >= 0.6 is 7.82 Å². The van der Waals surface area contributed by atoms with Crippen LogP contribution in [-0.4, -0.2) is 75.6 Å². The zero-order valence-corrected chi connectivity index (χ0v) is 40.1. The van der Waals surface area contributed by atoms with Crippen molar-refractivity contribution in [3.8, 4) is 0 Å². The maximum Gasteiger partial charge on any atom is 0.472 e. The topological polar surface area (TPSA) is 91.3 Å². The van der Waals surface area contributed by atoms with Crippen molar-refractivity contribution in [2.45, 2.75) is 180 Å². The highest BCUT2D eigenvalue weighted by molar-refractivity contribution is 7.47. The Hall–Kier alpha value is -2.32. The van der Waals surface area contributed by atoms with Gasteiger partial charge in [-0.05, 0) is 89.9 Å². The molecule has 0 amide bonds. The van der Waals surface area contributed by atoms with Crippen molar-refractivity contribution < 1.29 is 37.3 Å². The zero-order chi connectivity index (χ0) is 44.1. The molecule has 346 valence electrons. The van der Waals surface area contributed by atoms with Crippen LogP contribution in [0.4, 0.5) is 0 Å². The summed E-state index contributed by atoms with van der Waals surface area (Å²) in [6, 6.07) is 0. The molecule has 1 N–H and O–H groups in total. The van der Waals surface area contributed by atoms with Crippen molar-refractivity contribution in [3.05, 3.63) is 85.1 Å². The smallest absolute Gasteiger partial charge is 0.457 e. The van der Waals surface area contributed by atoms with E-state index in [1.54, 1.807) is 0 Å². The average Bonchev–Trinajstić information content (AvgIpc) is 3.20. The number of hydrogen-bond donors (Lipinski definition) is 1. The number of phosphoric ester groups is 1. The fourth-order valence-electron chi connectivity index (χ4n) is 6.02. The standard InChI is InChI=1S/C51H90NO7P/c1-6-8-10-12-14-16-18-20-22-24-25-26-27-28-30-32-34-36-38-40-42-44-51(53)59-50(49-58-60(54,55)57-47-45-52(3,4)5)48-56-46-43-41-39-37-35-33-31-29-23-21-19-17-15-13-11-9-7-2/h8,10,14,16-17,19-20,22-23,25-26,28-30,50H,6-7,9,11-13,15,18,21,24,27,31-49H2,1-5H3/p+1/b10-8-,16-14-,19-17-,22-20-,26-25-,29-23-,30-28-. The van der Waals surface area contributed by atoms with Crippen LogP contribution in [0.2, 0.25) is 0 Å². The van der Waals surface area contributed by atoms with Crippen LogP contribution < -0.4 is 0 Å². The third-order valence-electron chi connectivity index (χ3n) is 9.69. The maximum absolute atomic E-state index is 12.7. The van der Waals surface area contributed by atoms with Gasteiger partial charge in [0.1, 0.15) is 19.3 Å². The van der Waals surface area contributed by atoms with Crippen molar-refractivity contribution in [1.29, 1.82) is 0 Å². The lowest BCUT2D eigenvalue weighted by Gasteiger charge is -2.24. The highest BCUT2D eigenvalue weighted by Gasteiger charge is 2.26. The minimum atomic E-state index is -4.29. The number of carbonyl (C=O) groups is 1. The van der Waals surface area contributed by atoms with Gasteiger partial charge in [-0.2, -0.15) is 0 Å². The molecule has 0 aromatic carbocycles. The Morgan fingerprint density at radius 2 is 0.967 bits per heavy atom.